The molecule has 1 aliphatic rings. The molecule has 1 atom stereocenters. The number of aryl methyl sites for hydroxylation is 1. The molecule has 0 bridgehead atoms. The molecule has 0 saturated heterocycles. The minimum atomic E-state index is -0.125. The van der Waals surface area contributed by atoms with Crippen molar-refractivity contribution in [1.82, 2.24) is 35.3 Å². The first-order chi connectivity index (χ1) is 13.8. The zero-order chi connectivity index (χ0) is 20.6. The molecule has 1 aliphatic carbocycles. The maximum absolute atomic E-state index is 12.6. The molecule has 1 aromatic carbocycles. The topological polar surface area (TPSA) is 90.5 Å². The third-order valence-electron chi connectivity index (χ3n) is 5.28. The molecular weight excluding hydrogens is 366 g/mol. The molecule has 2 heterocycles. The van der Waals surface area contributed by atoms with Crippen molar-refractivity contribution >= 4 is 5.91 Å². The minimum Gasteiger partial charge on any atom is -0.348 e. The molecular formula is C21H27N7O. The number of hydrogen-bond donors (Lipinski definition) is 1. The van der Waals surface area contributed by atoms with Gasteiger partial charge in [0.1, 0.15) is 6.54 Å². The minimum absolute atomic E-state index is 0.0262. The first-order valence-electron chi connectivity index (χ1n) is 10.0. The SMILES string of the molecule is Cc1ccccc1-c1nnn(CC(=O)N[C@@H]2CCCc3c2cnn3C(C)(C)C)n1. The van der Waals surface area contributed by atoms with E-state index >= 15 is 0 Å². The van der Waals surface area contributed by atoms with Gasteiger partial charge in [-0.15, -0.1) is 10.2 Å². The highest BCUT2D eigenvalue weighted by molar-refractivity contribution is 5.76. The van der Waals surface area contributed by atoms with E-state index in [2.05, 4.69) is 51.3 Å². The number of tetrazole rings is 1. The number of fused-ring (bicyclic) bond motifs is 1. The van der Waals surface area contributed by atoms with Crippen molar-refractivity contribution in [2.75, 3.05) is 0 Å². The molecule has 0 unspecified atom stereocenters. The Morgan fingerprint density at radius 1 is 1.28 bits per heavy atom. The fraction of sp³-hybridized carbons (Fsp3) is 0.476. The molecule has 3 aromatic rings. The van der Waals surface area contributed by atoms with Crippen LogP contribution in [0.3, 0.4) is 0 Å². The largest absolute Gasteiger partial charge is 0.348 e. The van der Waals surface area contributed by atoms with Crippen LogP contribution >= 0.6 is 0 Å². The molecule has 152 valence electrons. The van der Waals surface area contributed by atoms with Gasteiger partial charge in [-0.1, -0.05) is 24.3 Å². The molecule has 4 rings (SSSR count). The maximum atomic E-state index is 12.6. The zero-order valence-corrected chi connectivity index (χ0v) is 17.4. The number of nitrogens with zero attached hydrogens (tertiary/aromatic N) is 6. The Hall–Kier alpha value is -3.03. The molecule has 29 heavy (non-hydrogen) atoms. The van der Waals surface area contributed by atoms with Gasteiger partial charge < -0.3 is 5.32 Å². The van der Waals surface area contributed by atoms with Crippen LogP contribution in [0.4, 0.5) is 0 Å². The van der Waals surface area contributed by atoms with Gasteiger partial charge >= 0.3 is 0 Å². The highest BCUT2D eigenvalue weighted by atomic mass is 16.2. The van der Waals surface area contributed by atoms with Gasteiger partial charge in [0.2, 0.25) is 11.7 Å². The lowest BCUT2D eigenvalue weighted by Crippen LogP contribution is -2.34. The van der Waals surface area contributed by atoms with Crippen LogP contribution in [-0.4, -0.2) is 35.9 Å². The number of carbonyl (C=O) groups is 1. The molecule has 0 fully saturated rings. The normalized spacial score (nSPS) is 16.5. The van der Waals surface area contributed by atoms with Gasteiger partial charge in [0.25, 0.3) is 0 Å². The second-order valence-corrected chi connectivity index (χ2v) is 8.60. The molecule has 0 radical (unpaired) electrons. The number of hydrogen-bond acceptors (Lipinski definition) is 5. The monoisotopic (exact) mass is 393 g/mol. The van der Waals surface area contributed by atoms with E-state index in [0.29, 0.717) is 5.82 Å². The Morgan fingerprint density at radius 3 is 2.83 bits per heavy atom. The van der Waals surface area contributed by atoms with Gasteiger partial charge in [0.15, 0.2) is 0 Å². The van der Waals surface area contributed by atoms with Crippen molar-refractivity contribution in [3.8, 4) is 11.4 Å². The lowest BCUT2D eigenvalue weighted by atomic mass is 9.92. The zero-order valence-electron chi connectivity index (χ0n) is 17.4. The summed E-state index contributed by atoms with van der Waals surface area (Å²) in [6, 6.07) is 7.83. The third-order valence-corrected chi connectivity index (χ3v) is 5.28. The highest BCUT2D eigenvalue weighted by Crippen LogP contribution is 2.32. The summed E-state index contributed by atoms with van der Waals surface area (Å²) in [5, 5.41) is 20.2. The van der Waals surface area contributed by atoms with Crippen LogP contribution in [0.2, 0.25) is 0 Å². The third kappa shape index (κ3) is 3.92. The van der Waals surface area contributed by atoms with Crippen molar-refractivity contribution < 1.29 is 4.79 Å². The maximum Gasteiger partial charge on any atom is 0.244 e. The van der Waals surface area contributed by atoms with Gasteiger partial charge in [0, 0.05) is 16.8 Å². The molecule has 1 amide bonds. The molecule has 8 heteroatoms. The van der Waals surface area contributed by atoms with Gasteiger partial charge in [-0.3, -0.25) is 9.48 Å². The molecule has 8 nitrogen and oxygen atoms in total. The molecule has 2 aromatic heterocycles. The van der Waals surface area contributed by atoms with E-state index < -0.39 is 0 Å². The van der Waals surface area contributed by atoms with E-state index in [1.165, 1.54) is 10.5 Å². The van der Waals surface area contributed by atoms with Crippen molar-refractivity contribution in [3.05, 3.63) is 47.3 Å². The first kappa shape index (κ1) is 19.3. The molecule has 0 saturated carbocycles. The summed E-state index contributed by atoms with van der Waals surface area (Å²) in [4.78, 5) is 14.0. The van der Waals surface area contributed by atoms with Crippen molar-refractivity contribution in [2.45, 2.75) is 65.1 Å². The van der Waals surface area contributed by atoms with Crippen LogP contribution in [0.25, 0.3) is 11.4 Å². The summed E-state index contributed by atoms with van der Waals surface area (Å²) >= 11 is 0. The Labute approximate surface area is 170 Å². The van der Waals surface area contributed by atoms with Crippen LogP contribution in [0, 0.1) is 6.92 Å². The Kier molecular flexibility index (Phi) is 4.94. The Balaban J connectivity index is 1.46. The average Bonchev–Trinajstić information content (AvgIpc) is 3.29. The van der Waals surface area contributed by atoms with E-state index in [9.17, 15) is 4.79 Å². The average molecular weight is 393 g/mol. The predicted molar refractivity (Wildman–Crippen MR) is 109 cm³/mol. The number of aromatic nitrogens is 6. The highest BCUT2D eigenvalue weighted by Gasteiger charge is 2.29. The lowest BCUT2D eigenvalue weighted by molar-refractivity contribution is -0.122. The van der Waals surface area contributed by atoms with Crippen LogP contribution in [0.1, 0.15) is 56.5 Å². The number of amides is 1. The van der Waals surface area contributed by atoms with E-state index in [4.69, 9.17) is 0 Å². The number of carbonyl (C=O) groups excluding carboxylic acids is 1. The Morgan fingerprint density at radius 2 is 2.07 bits per heavy atom. The summed E-state index contributed by atoms with van der Waals surface area (Å²) in [6.07, 6.45) is 4.82. The summed E-state index contributed by atoms with van der Waals surface area (Å²) in [7, 11) is 0. The van der Waals surface area contributed by atoms with Crippen molar-refractivity contribution in [1.29, 1.82) is 0 Å². The van der Waals surface area contributed by atoms with E-state index in [1.807, 2.05) is 37.4 Å². The van der Waals surface area contributed by atoms with E-state index in [1.54, 1.807) is 0 Å². The smallest absolute Gasteiger partial charge is 0.244 e. The van der Waals surface area contributed by atoms with Crippen LogP contribution in [-0.2, 0) is 23.3 Å². The number of rotatable bonds is 4. The van der Waals surface area contributed by atoms with E-state index in [-0.39, 0.29) is 24.0 Å². The summed E-state index contributed by atoms with van der Waals surface area (Å²) in [5.74, 6) is 0.405. The second kappa shape index (κ2) is 7.42. The summed E-state index contributed by atoms with van der Waals surface area (Å²) in [6.45, 7) is 8.47. The van der Waals surface area contributed by atoms with Gasteiger partial charge in [0.05, 0.1) is 17.8 Å². The van der Waals surface area contributed by atoms with Gasteiger partial charge in [-0.05, 0) is 57.7 Å². The fourth-order valence-corrected chi connectivity index (χ4v) is 3.90. The summed E-state index contributed by atoms with van der Waals surface area (Å²) < 4.78 is 2.08. The van der Waals surface area contributed by atoms with Gasteiger partial charge in [-0.2, -0.15) is 9.90 Å². The molecule has 0 aliphatic heterocycles. The summed E-state index contributed by atoms with van der Waals surface area (Å²) in [5.41, 5.74) is 4.25. The molecule has 0 spiro atoms. The fourth-order valence-electron chi connectivity index (χ4n) is 3.90. The van der Waals surface area contributed by atoms with Crippen LogP contribution < -0.4 is 5.32 Å². The first-order valence-corrected chi connectivity index (χ1v) is 10.0. The Bertz CT molecular complexity index is 1030. The lowest BCUT2D eigenvalue weighted by Gasteiger charge is -2.28. The predicted octanol–water partition coefficient (Wildman–Crippen LogP) is 2.79. The number of benzene rings is 1. The quantitative estimate of drug-likeness (QED) is 0.736. The van der Waals surface area contributed by atoms with Crippen LogP contribution in [0.15, 0.2) is 30.5 Å². The number of nitrogens with one attached hydrogen (secondary N) is 1. The standard InChI is InChI=1S/C21H27N7O/c1-14-8-5-6-9-15(14)20-24-26-27(25-20)13-19(29)23-17-10-7-11-18-16(17)12-22-28(18)21(2,3)4/h5-6,8-9,12,17H,7,10-11,13H2,1-4H3,(H,23,29)/t17-/m1/s1. The molecule has 1 N–H and O–H groups in total. The van der Waals surface area contributed by atoms with E-state index in [0.717, 1.165) is 36.0 Å². The van der Waals surface area contributed by atoms with Crippen molar-refractivity contribution in [2.24, 2.45) is 0 Å². The van der Waals surface area contributed by atoms with Gasteiger partial charge in [-0.25, -0.2) is 0 Å². The van der Waals surface area contributed by atoms with Crippen LogP contribution in [0.5, 0.6) is 0 Å². The second-order valence-electron chi connectivity index (χ2n) is 8.60. The van der Waals surface area contributed by atoms with Crippen molar-refractivity contribution in [3.63, 3.8) is 0 Å².